The van der Waals surface area contributed by atoms with Crippen molar-refractivity contribution in [3.05, 3.63) is 17.0 Å². The van der Waals surface area contributed by atoms with Crippen molar-refractivity contribution in [3.63, 3.8) is 0 Å². The maximum Gasteiger partial charge on any atom is 0.148 e. The zero-order chi connectivity index (χ0) is 12.6. The van der Waals surface area contributed by atoms with Gasteiger partial charge in [-0.05, 0) is 12.3 Å². The number of hydrogen-bond donors (Lipinski definition) is 0. The molecular formula is C14H22N2O. The quantitative estimate of drug-likeness (QED) is 0.789. The minimum atomic E-state index is -0.00220. The van der Waals surface area contributed by atoms with Gasteiger partial charge in [0.1, 0.15) is 11.4 Å². The second kappa shape index (κ2) is 4.28. The van der Waals surface area contributed by atoms with Crippen LogP contribution in [0.25, 0.3) is 0 Å². The van der Waals surface area contributed by atoms with Crippen LogP contribution in [0.5, 0.6) is 5.75 Å². The second-order valence-electron chi connectivity index (χ2n) is 6.25. The Morgan fingerprint density at radius 2 is 1.94 bits per heavy atom. The molecule has 0 unspecified atom stereocenters. The topological polar surface area (TPSA) is 35.0 Å². The van der Waals surface area contributed by atoms with Gasteiger partial charge in [-0.1, -0.05) is 34.6 Å². The van der Waals surface area contributed by atoms with Crippen LogP contribution in [0, 0.1) is 5.92 Å². The van der Waals surface area contributed by atoms with Crippen molar-refractivity contribution in [2.24, 2.45) is 5.92 Å². The zero-order valence-electron chi connectivity index (χ0n) is 11.5. The third-order valence-corrected chi connectivity index (χ3v) is 3.02. The van der Waals surface area contributed by atoms with Crippen molar-refractivity contribution in [3.8, 4) is 5.75 Å². The average molecular weight is 234 g/mol. The maximum atomic E-state index is 5.78. The molecule has 0 bridgehead atoms. The molecule has 1 aromatic rings. The molecule has 0 saturated heterocycles. The molecule has 0 atom stereocenters. The maximum absolute atomic E-state index is 5.78. The van der Waals surface area contributed by atoms with Crippen LogP contribution in [0.2, 0.25) is 0 Å². The molecular weight excluding hydrogens is 212 g/mol. The van der Waals surface area contributed by atoms with Crippen LogP contribution >= 0.6 is 0 Å². The van der Waals surface area contributed by atoms with E-state index in [2.05, 4.69) is 44.8 Å². The van der Waals surface area contributed by atoms with Gasteiger partial charge in [0.25, 0.3) is 0 Å². The average Bonchev–Trinajstić information content (AvgIpc) is 2.63. The van der Waals surface area contributed by atoms with Crippen molar-refractivity contribution in [2.45, 2.75) is 52.9 Å². The van der Waals surface area contributed by atoms with Crippen LogP contribution in [-0.2, 0) is 18.3 Å². The highest BCUT2D eigenvalue weighted by molar-refractivity contribution is 5.45. The molecule has 2 rings (SSSR count). The van der Waals surface area contributed by atoms with Crippen molar-refractivity contribution >= 4 is 0 Å². The number of rotatable bonds is 2. The van der Waals surface area contributed by atoms with Gasteiger partial charge in [0, 0.05) is 17.4 Å². The fourth-order valence-corrected chi connectivity index (χ4v) is 2.20. The Balaban J connectivity index is 2.46. The molecule has 2 heterocycles. The van der Waals surface area contributed by atoms with E-state index in [1.807, 2.05) is 0 Å². The van der Waals surface area contributed by atoms with Crippen LogP contribution in [-0.4, -0.2) is 16.8 Å². The molecule has 0 N–H and O–H groups in total. The first kappa shape index (κ1) is 12.3. The van der Waals surface area contributed by atoms with E-state index in [9.17, 15) is 0 Å². The fraction of sp³-hybridized carbons (Fsp3) is 0.714. The van der Waals surface area contributed by atoms with Gasteiger partial charge in [-0.3, -0.25) is 0 Å². The van der Waals surface area contributed by atoms with E-state index in [0.29, 0.717) is 5.92 Å². The van der Waals surface area contributed by atoms with Gasteiger partial charge in [0.2, 0.25) is 0 Å². The molecule has 0 amide bonds. The van der Waals surface area contributed by atoms with E-state index in [4.69, 9.17) is 4.74 Å². The highest BCUT2D eigenvalue weighted by Crippen LogP contribution is 2.36. The summed E-state index contributed by atoms with van der Waals surface area (Å²) >= 11 is 0. The largest absolute Gasteiger partial charge is 0.491 e. The predicted molar refractivity (Wildman–Crippen MR) is 68.5 cm³/mol. The van der Waals surface area contributed by atoms with Gasteiger partial charge in [0.05, 0.1) is 12.3 Å². The molecule has 0 spiro atoms. The highest BCUT2D eigenvalue weighted by atomic mass is 16.5. The number of aromatic nitrogens is 2. The molecule has 3 heteroatoms. The van der Waals surface area contributed by atoms with Crippen LogP contribution in [0.3, 0.4) is 0 Å². The first-order valence-corrected chi connectivity index (χ1v) is 6.41. The van der Waals surface area contributed by atoms with Gasteiger partial charge >= 0.3 is 0 Å². The number of ether oxygens (including phenoxy) is 1. The lowest BCUT2D eigenvalue weighted by atomic mass is 9.89. The van der Waals surface area contributed by atoms with E-state index in [1.165, 1.54) is 5.56 Å². The van der Waals surface area contributed by atoms with Crippen LogP contribution in [0.4, 0.5) is 0 Å². The Bertz CT molecular complexity index is 419. The molecule has 94 valence electrons. The number of fused-ring (bicyclic) bond motifs is 1. The van der Waals surface area contributed by atoms with E-state index in [0.717, 1.165) is 36.6 Å². The minimum absolute atomic E-state index is 0.00220. The predicted octanol–water partition coefficient (Wildman–Crippen LogP) is 2.91. The lowest BCUT2D eigenvalue weighted by molar-refractivity contribution is 0.342. The summed E-state index contributed by atoms with van der Waals surface area (Å²) in [4.78, 5) is 0. The van der Waals surface area contributed by atoms with Crippen molar-refractivity contribution < 1.29 is 4.74 Å². The van der Waals surface area contributed by atoms with Crippen LogP contribution in [0.1, 0.15) is 51.6 Å². The Morgan fingerprint density at radius 3 is 2.53 bits per heavy atom. The van der Waals surface area contributed by atoms with Crippen molar-refractivity contribution in [2.75, 3.05) is 6.61 Å². The monoisotopic (exact) mass is 234 g/mol. The van der Waals surface area contributed by atoms with E-state index < -0.39 is 0 Å². The summed E-state index contributed by atoms with van der Waals surface area (Å²) < 4.78 is 5.78. The van der Waals surface area contributed by atoms with Gasteiger partial charge in [-0.2, -0.15) is 10.2 Å². The summed E-state index contributed by atoms with van der Waals surface area (Å²) in [5.74, 6) is 1.61. The van der Waals surface area contributed by atoms with Crippen LogP contribution in [0.15, 0.2) is 0 Å². The van der Waals surface area contributed by atoms with E-state index >= 15 is 0 Å². The second-order valence-corrected chi connectivity index (χ2v) is 6.25. The number of hydrogen-bond acceptors (Lipinski definition) is 3. The zero-order valence-corrected chi connectivity index (χ0v) is 11.5. The molecule has 17 heavy (non-hydrogen) atoms. The van der Waals surface area contributed by atoms with Gasteiger partial charge in [-0.15, -0.1) is 0 Å². The molecule has 3 nitrogen and oxygen atoms in total. The first-order chi connectivity index (χ1) is 7.89. The first-order valence-electron chi connectivity index (χ1n) is 6.41. The molecule has 1 aliphatic rings. The third-order valence-electron chi connectivity index (χ3n) is 3.02. The molecule has 0 aliphatic carbocycles. The lowest BCUT2D eigenvalue weighted by Gasteiger charge is -2.20. The van der Waals surface area contributed by atoms with E-state index in [1.54, 1.807) is 0 Å². The summed E-state index contributed by atoms with van der Waals surface area (Å²) in [5.41, 5.74) is 3.41. The number of nitrogens with zero attached hydrogens (tertiary/aromatic N) is 2. The normalized spacial score (nSPS) is 14.9. The molecule has 0 aromatic carbocycles. The fourth-order valence-electron chi connectivity index (χ4n) is 2.20. The molecule has 1 aromatic heterocycles. The smallest absolute Gasteiger partial charge is 0.148 e. The molecule has 1 aliphatic heterocycles. The van der Waals surface area contributed by atoms with Crippen molar-refractivity contribution in [1.29, 1.82) is 0 Å². The summed E-state index contributed by atoms with van der Waals surface area (Å²) in [6.07, 6.45) is 1.97. The third kappa shape index (κ3) is 2.43. The highest BCUT2D eigenvalue weighted by Gasteiger charge is 2.29. The Kier molecular flexibility index (Phi) is 3.11. The summed E-state index contributed by atoms with van der Waals surface area (Å²) in [5, 5.41) is 8.83. The van der Waals surface area contributed by atoms with Gasteiger partial charge in [-0.25, -0.2) is 0 Å². The standard InChI is InChI=1S/C14H22N2O/c1-9(2)8-11-10-6-7-17-12(10)13(16-15-11)14(3,4)5/h9H,6-8H2,1-5H3. The van der Waals surface area contributed by atoms with E-state index in [-0.39, 0.29) is 5.41 Å². The molecule has 0 radical (unpaired) electrons. The minimum Gasteiger partial charge on any atom is -0.491 e. The summed E-state index contributed by atoms with van der Waals surface area (Å²) in [6, 6.07) is 0. The van der Waals surface area contributed by atoms with Crippen LogP contribution < -0.4 is 4.74 Å². The summed E-state index contributed by atoms with van der Waals surface area (Å²) in [6.45, 7) is 11.7. The van der Waals surface area contributed by atoms with Crippen molar-refractivity contribution in [1.82, 2.24) is 10.2 Å². The Morgan fingerprint density at radius 1 is 1.24 bits per heavy atom. The lowest BCUT2D eigenvalue weighted by Crippen LogP contribution is -2.17. The Hall–Kier alpha value is -1.12. The molecule has 0 saturated carbocycles. The molecule has 0 fully saturated rings. The summed E-state index contributed by atoms with van der Waals surface area (Å²) in [7, 11) is 0. The SMILES string of the molecule is CC(C)Cc1nnc(C(C)(C)C)c2c1CCO2. The van der Waals surface area contributed by atoms with Gasteiger partial charge in [0.15, 0.2) is 0 Å². The van der Waals surface area contributed by atoms with Gasteiger partial charge < -0.3 is 4.74 Å². The Labute approximate surface area is 104 Å².